The van der Waals surface area contributed by atoms with Crippen LogP contribution in [0, 0.1) is 0 Å². The van der Waals surface area contributed by atoms with Crippen LogP contribution < -0.4 is 5.32 Å². The minimum atomic E-state index is -0.986. The molecule has 33 heavy (non-hydrogen) atoms. The van der Waals surface area contributed by atoms with Crippen LogP contribution in [0.4, 0.5) is 0 Å². The van der Waals surface area contributed by atoms with Gasteiger partial charge in [0.2, 0.25) is 5.91 Å². The topological polar surface area (TPSA) is 124 Å². The smallest absolute Gasteiger partial charge is 0.325 e. The largest absolute Gasteiger partial charge is 0.480 e. The molecular formula is C23H30N4O6. The van der Waals surface area contributed by atoms with Gasteiger partial charge < -0.3 is 24.8 Å². The molecule has 2 saturated heterocycles. The minimum Gasteiger partial charge on any atom is -0.480 e. The zero-order valence-corrected chi connectivity index (χ0v) is 18.5. The number of nitrogens with one attached hydrogen (secondary N) is 1. The van der Waals surface area contributed by atoms with Gasteiger partial charge in [0.25, 0.3) is 0 Å². The Bertz CT molecular complexity index is 1010. The third-order valence-electron chi connectivity index (χ3n) is 6.34. The Labute approximate surface area is 191 Å². The van der Waals surface area contributed by atoms with Crippen LogP contribution in [0.1, 0.15) is 24.4 Å². The summed E-state index contributed by atoms with van der Waals surface area (Å²) in [6.07, 6.45) is 3.74. The van der Waals surface area contributed by atoms with E-state index in [9.17, 15) is 24.6 Å². The van der Waals surface area contributed by atoms with Crippen LogP contribution in [-0.4, -0.2) is 94.4 Å². The molecular weight excluding hydrogens is 428 g/mol. The number of aromatic nitrogens is 1. The summed E-state index contributed by atoms with van der Waals surface area (Å²) in [7, 11) is 0. The van der Waals surface area contributed by atoms with Crippen LogP contribution in [0.5, 0.6) is 0 Å². The van der Waals surface area contributed by atoms with Gasteiger partial charge in [-0.25, -0.2) is 0 Å². The molecule has 0 saturated carbocycles. The lowest BCUT2D eigenvalue weighted by atomic mass is 10.0. The Morgan fingerprint density at radius 3 is 2.52 bits per heavy atom. The van der Waals surface area contributed by atoms with Gasteiger partial charge in [0.15, 0.2) is 0 Å². The maximum absolute atomic E-state index is 12.3. The lowest BCUT2D eigenvalue weighted by molar-refractivity contribution is -0.144. The number of rotatable bonds is 9. The van der Waals surface area contributed by atoms with Crippen molar-refractivity contribution in [2.75, 3.05) is 45.9 Å². The summed E-state index contributed by atoms with van der Waals surface area (Å²) >= 11 is 0. The third kappa shape index (κ3) is 5.52. The number of piperazine rings is 1. The number of nitrogens with zero attached hydrogens (tertiary/aromatic N) is 3. The van der Waals surface area contributed by atoms with Crippen molar-refractivity contribution in [3.05, 3.63) is 36.0 Å². The van der Waals surface area contributed by atoms with Crippen LogP contribution >= 0.6 is 0 Å². The molecule has 10 nitrogen and oxygen atoms in total. The van der Waals surface area contributed by atoms with E-state index in [1.807, 2.05) is 28.0 Å². The lowest BCUT2D eigenvalue weighted by Gasteiger charge is -2.37. The zero-order valence-electron chi connectivity index (χ0n) is 18.5. The number of carbonyl (C=O) groups excluding carboxylic acids is 1. The summed E-state index contributed by atoms with van der Waals surface area (Å²) in [5.74, 6) is -2.01. The van der Waals surface area contributed by atoms with E-state index in [1.165, 1.54) is 0 Å². The molecule has 178 valence electrons. The van der Waals surface area contributed by atoms with Gasteiger partial charge in [-0.1, -0.05) is 18.2 Å². The van der Waals surface area contributed by atoms with Crippen molar-refractivity contribution in [3.8, 4) is 0 Å². The highest BCUT2D eigenvalue weighted by molar-refractivity contribution is 5.90. The Morgan fingerprint density at radius 2 is 1.85 bits per heavy atom. The molecule has 0 unspecified atom stereocenters. The van der Waals surface area contributed by atoms with E-state index >= 15 is 0 Å². The molecule has 10 heteroatoms. The first kappa shape index (κ1) is 23.2. The van der Waals surface area contributed by atoms with Gasteiger partial charge >= 0.3 is 11.9 Å². The van der Waals surface area contributed by atoms with Crippen molar-refractivity contribution in [3.63, 3.8) is 0 Å². The van der Waals surface area contributed by atoms with E-state index in [0.717, 1.165) is 24.8 Å². The summed E-state index contributed by atoms with van der Waals surface area (Å²) in [6.45, 7) is 3.46. The number of hydrogen-bond acceptors (Lipinski definition) is 6. The number of aliphatic carboxylic acids is 2. The predicted octanol–water partition coefficient (Wildman–Crippen LogP) is 0.764. The van der Waals surface area contributed by atoms with E-state index in [4.69, 9.17) is 4.74 Å². The molecule has 2 atom stereocenters. The van der Waals surface area contributed by atoms with Crippen LogP contribution in [0.3, 0.4) is 0 Å². The number of hydrogen-bond donors (Lipinski definition) is 3. The fourth-order valence-corrected chi connectivity index (χ4v) is 4.73. The summed E-state index contributed by atoms with van der Waals surface area (Å²) in [4.78, 5) is 39.8. The maximum Gasteiger partial charge on any atom is 0.325 e. The van der Waals surface area contributed by atoms with Crippen molar-refractivity contribution < 1.29 is 29.3 Å². The monoisotopic (exact) mass is 458 g/mol. The van der Waals surface area contributed by atoms with E-state index < -0.39 is 18.0 Å². The fourth-order valence-electron chi connectivity index (χ4n) is 4.73. The Morgan fingerprint density at radius 1 is 1.09 bits per heavy atom. The van der Waals surface area contributed by atoms with Crippen molar-refractivity contribution in [1.82, 2.24) is 19.7 Å². The maximum atomic E-state index is 12.3. The zero-order chi connectivity index (χ0) is 23.4. The number of benzene rings is 1. The van der Waals surface area contributed by atoms with Crippen molar-refractivity contribution >= 4 is 28.7 Å². The first-order chi connectivity index (χ1) is 15.9. The molecule has 1 amide bonds. The molecule has 2 aliphatic rings. The highest BCUT2D eigenvalue weighted by Crippen LogP contribution is 2.31. The van der Waals surface area contributed by atoms with Gasteiger partial charge in [0, 0.05) is 62.0 Å². The molecule has 0 spiro atoms. The molecule has 3 heterocycles. The van der Waals surface area contributed by atoms with Gasteiger partial charge in [-0.05, 0) is 18.9 Å². The lowest BCUT2D eigenvalue weighted by Crippen LogP contribution is -2.51. The molecule has 0 radical (unpaired) electrons. The molecule has 1 aromatic carbocycles. The number of para-hydroxylation sites is 1. The Balaban J connectivity index is 1.40. The van der Waals surface area contributed by atoms with Gasteiger partial charge in [-0.2, -0.15) is 0 Å². The Hall–Kier alpha value is -2.95. The molecule has 2 aliphatic heterocycles. The van der Waals surface area contributed by atoms with Gasteiger partial charge in [-0.15, -0.1) is 0 Å². The average molecular weight is 459 g/mol. The number of carboxylic acids is 2. The quantitative estimate of drug-likeness (QED) is 0.503. The van der Waals surface area contributed by atoms with Crippen molar-refractivity contribution in [2.24, 2.45) is 0 Å². The Kier molecular flexibility index (Phi) is 7.26. The van der Waals surface area contributed by atoms with Crippen LogP contribution in [0.15, 0.2) is 30.5 Å². The highest BCUT2D eigenvalue weighted by atomic mass is 16.5. The SMILES string of the molecule is O=C(O)Cn1cc([C@H](C(=O)O)N2CCN(CC(=O)NC[C@H]3CCCO3)CC2)c2ccccc21. The number of ether oxygens (including phenoxy) is 1. The molecule has 0 aliphatic carbocycles. The van der Waals surface area contributed by atoms with E-state index in [-0.39, 0.29) is 25.1 Å². The highest BCUT2D eigenvalue weighted by Gasteiger charge is 2.33. The molecule has 2 aromatic rings. The van der Waals surface area contributed by atoms with E-state index in [1.54, 1.807) is 16.8 Å². The fraction of sp³-hybridized carbons (Fsp3) is 0.522. The van der Waals surface area contributed by atoms with Crippen LogP contribution in [0.25, 0.3) is 10.9 Å². The number of amides is 1. The van der Waals surface area contributed by atoms with Gasteiger partial charge in [-0.3, -0.25) is 24.2 Å². The molecule has 3 N–H and O–H groups in total. The van der Waals surface area contributed by atoms with E-state index in [0.29, 0.717) is 43.8 Å². The first-order valence-corrected chi connectivity index (χ1v) is 11.3. The summed E-state index contributed by atoms with van der Waals surface area (Å²) in [5, 5.41) is 23.0. The molecule has 1 aromatic heterocycles. The van der Waals surface area contributed by atoms with Crippen molar-refractivity contribution in [1.29, 1.82) is 0 Å². The molecule has 2 fully saturated rings. The second-order valence-corrected chi connectivity index (χ2v) is 8.62. The van der Waals surface area contributed by atoms with Gasteiger partial charge in [0.1, 0.15) is 12.6 Å². The summed E-state index contributed by atoms with van der Waals surface area (Å²) in [5.41, 5.74) is 1.28. The predicted molar refractivity (Wildman–Crippen MR) is 120 cm³/mol. The van der Waals surface area contributed by atoms with Crippen LogP contribution in [0.2, 0.25) is 0 Å². The number of carbonyl (C=O) groups is 3. The minimum absolute atomic E-state index is 0.0505. The number of fused-ring (bicyclic) bond motifs is 1. The van der Waals surface area contributed by atoms with E-state index in [2.05, 4.69) is 5.32 Å². The summed E-state index contributed by atoms with van der Waals surface area (Å²) < 4.78 is 7.11. The van der Waals surface area contributed by atoms with Crippen LogP contribution in [-0.2, 0) is 25.7 Å². The first-order valence-electron chi connectivity index (χ1n) is 11.3. The average Bonchev–Trinajstić information content (AvgIpc) is 3.42. The van der Waals surface area contributed by atoms with Gasteiger partial charge in [0.05, 0.1) is 12.6 Å². The second-order valence-electron chi connectivity index (χ2n) is 8.62. The molecule has 4 rings (SSSR count). The molecule has 0 bridgehead atoms. The second kappa shape index (κ2) is 10.3. The third-order valence-corrected chi connectivity index (χ3v) is 6.34. The normalized spacial score (nSPS) is 20.7. The number of carboxylic acid groups (broad SMARTS) is 2. The standard InChI is InChI=1S/C23H30N4O6/c28-20(24-12-16-4-3-11-33-16)14-25-7-9-26(10-8-25)22(23(31)32)18-13-27(15-21(29)30)19-6-2-1-5-17(18)19/h1-2,5-6,13,16,22H,3-4,7-12,14-15H2,(H,24,28)(H,29,30)(H,31,32)/t16-,22-/m1/s1. The summed E-state index contributed by atoms with van der Waals surface area (Å²) in [6, 6.07) is 6.37. The van der Waals surface area contributed by atoms with Crippen molar-refractivity contribution in [2.45, 2.75) is 31.5 Å².